The van der Waals surface area contributed by atoms with E-state index in [2.05, 4.69) is 52.8 Å². The first-order chi connectivity index (χ1) is 10.3. The van der Waals surface area contributed by atoms with E-state index in [-0.39, 0.29) is 0 Å². The van der Waals surface area contributed by atoms with Crippen LogP contribution >= 0.6 is 11.3 Å². The van der Waals surface area contributed by atoms with Crippen molar-refractivity contribution in [3.8, 4) is 0 Å². The van der Waals surface area contributed by atoms with Crippen molar-refractivity contribution in [1.82, 2.24) is 4.98 Å². The third kappa shape index (κ3) is 3.11. The number of hydrazone groups is 1. The number of nitrogens with one attached hydrogen (secondary N) is 1. The number of aryl methyl sites for hydroxylation is 1. The van der Waals surface area contributed by atoms with Crippen LogP contribution in [-0.4, -0.2) is 10.7 Å². The number of para-hydroxylation sites is 1. The largest absolute Gasteiger partial charge is 0.252 e. The molecule has 0 radical (unpaired) electrons. The topological polar surface area (TPSA) is 37.3 Å². The molecule has 0 bridgehead atoms. The van der Waals surface area contributed by atoms with Gasteiger partial charge in [0.1, 0.15) is 0 Å². The predicted molar refractivity (Wildman–Crippen MR) is 91.3 cm³/mol. The van der Waals surface area contributed by atoms with E-state index in [9.17, 15) is 0 Å². The summed E-state index contributed by atoms with van der Waals surface area (Å²) in [5.74, 6) is 0. The van der Waals surface area contributed by atoms with Crippen LogP contribution in [0.25, 0.3) is 10.2 Å². The number of anilines is 1. The molecule has 1 heterocycles. The maximum Gasteiger partial charge on any atom is 0.204 e. The van der Waals surface area contributed by atoms with Gasteiger partial charge in [-0.15, -0.1) is 0 Å². The van der Waals surface area contributed by atoms with Crippen molar-refractivity contribution in [2.24, 2.45) is 5.10 Å². The Morgan fingerprint density at radius 1 is 1.14 bits per heavy atom. The van der Waals surface area contributed by atoms with E-state index in [4.69, 9.17) is 0 Å². The zero-order chi connectivity index (χ0) is 14.7. The van der Waals surface area contributed by atoms with E-state index in [1.165, 1.54) is 10.3 Å². The van der Waals surface area contributed by atoms with E-state index in [1.807, 2.05) is 25.1 Å². The molecule has 0 atom stereocenters. The summed E-state index contributed by atoms with van der Waals surface area (Å²) in [6.45, 7) is 4.16. The predicted octanol–water partition coefficient (Wildman–Crippen LogP) is 4.69. The lowest BCUT2D eigenvalue weighted by atomic mass is 10.1. The highest BCUT2D eigenvalue weighted by molar-refractivity contribution is 7.22. The second-order valence-corrected chi connectivity index (χ2v) is 5.88. The number of rotatable bonds is 4. The Labute approximate surface area is 128 Å². The van der Waals surface area contributed by atoms with Gasteiger partial charge in [-0.1, -0.05) is 54.7 Å². The minimum atomic E-state index is 0.820. The average Bonchev–Trinajstić information content (AvgIpc) is 2.95. The van der Waals surface area contributed by atoms with Crippen molar-refractivity contribution in [2.45, 2.75) is 20.3 Å². The van der Waals surface area contributed by atoms with Crippen molar-refractivity contribution >= 4 is 32.4 Å². The normalized spacial score (nSPS) is 11.8. The molecular formula is C17H17N3S. The maximum absolute atomic E-state index is 4.51. The molecule has 3 rings (SSSR count). The van der Waals surface area contributed by atoms with Crippen LogP contribution < -0.4 is 5.43 Å². The molecule has 106 valence electrons. The van der Waals surface area contributed by atoms with Crippen molar-refractivity contribution in [3.05, 3.63) is 59.7 Å². The van der Waals surface area contributed by atoms with Gasteiger partial charge in [-0.2, -0.15) is 5.10 Å². The first kappa shape index (κ1) is 13.8. The molecule has 21 heavy (non-hydrogen) atoms. The van der Waals surface area contributed by atoms with E-state index in [0.717, 1.165) is 28.3 Å². The first-order valence-corrected chi connectivity index (χ1v) is 7.83. The molecule has 0 spiro atoms. The molecule has 0 unspecified atom stereocenters. The van der Waals surface area contributed by atoms with Crippen LogP contribution in [0.1, 0.15) is 25.0 Å². The second kappa shape index (κ2) is 6.06. The quantitative estimate of drug-likeness (QED) is 0.560. The van der Waals surface area contributed by atoms with Gasteiger partial charge in [-0.05, 0) is 36.6 Å². The summed E-state index contributed by atoms with van der Waals surface area (Å²) in [7, 11) is 0. The highest BCUT2D eigenvalue weighted by atomic mass is 32.1. The van der Waals surface area contributed by atoms with E-state index >= 15 is 0 Å². The fourth-order valence-corrected chi connectivity index (χ4v) is 2.91. The highest BCUT2D eigenvalue weighted by Crippen LogP contribution is 2.25. The molecule has 4 heteroatoms. The monoisotopic (exact) mass is 295 g/mol. The summed E-state index contributed by atoms with van der Waals surface area (Å²) in [6.07, 6.45) is 1.06. The van der Waals surface area contributed by atoms with E-state index < -0.39 is 0 Å². The smallest absolute Gasteiger partial charge is 0.204 e. The second-order valence-electron chi connectivity index (χ2n) is 4.85. The summed E-state index contributed by atoms with van der Waals surface area (Å²) >= 11 is 1.61. The number of thiazole rings is 1. The van der Waals surface area contributed by atoms with Gasteiger partial charge in [0, 0.05) is 0 Å². The fourth-order valence-electron chi connectivity index (χ4n) is 2.10. The number of nitrogens with zero attached hydrogens (tertiary/aromatic N) is 2. The number of benzene rings is 2. The van der Waals surface area contributed by atoms with Gasteiger partial charge < -0.3 is 0 Å². The van der Waals surface area contributed by atoms with Crippen molar-refractivity contribution < 1.29 is 0 Å². The highest BCUT2D eigenvalue weighted by Gasteiger charge is 2.02. The van der Waals surface area contributed by atoms with Gasteiger partial charge >= 0.3 is 0 Å². The molecule has 1 N–H and O–H groups in total. The van der Waals surface area contributed by atoms with Crippen LogP contribution in [0.5, 0.6) is 0 Å². The molecule has 1 aromatic heterocycles. The summed E-state index contributed by atoms with van der Waals surface area (Å²) in [6, 6.07) is 16.6. The molecule has 0 aliphatic carbocycles. The molecule has 2 aromatic carbocycles. The molecule has 0 aliphatic rings. The first-order valence-electron chi connectivity index (χ1n) is 7.01. The maximum atomic E-state index is 4.51. The Morgan fingerprint density at radius 3 is 2.62 bits per heavy atom. The summed E-state index contributed by atoms with van der Waals surface area (Å²) in [5, 5.41) is 5.25. The Hall–Kier alpha value is -2.20. The number of fused-ring (bicyclic) bond motifs is 1. The zero-order valence-corrected chi connectivity index (χ0v) is 12.9. The Kier molecular flexibility index (Phi) is 3.97. The molecular weight excluding hydrogens is 278 g/mol. The number of hydrogen-bond donors (Lipinski definition) is 1. The lowest BCUT2D eigenvalue weighted by molar-refractivity contribution is 1.14. The van der Waals surface area contributed by atoms with Gasteiger partial charge in [-0.3, -0.25) is 5.43 Å². The Morgan fingerprint density at radius 2 is 1.90 bits per heavy atom. The van der Waals surface area contributed by atoms with E-state index in [0.29, 0.717) is 0 Å². The third-order valence-corrected chi connectivity index (χ3v) is 4.33. The van der Waals surface area contributed by atoms with Gasteiger partial charge in [0.2, 0.25) is 5.13 Å². The van der Waals surface area contributed by atoms with Crippen molar-refractivity contribution in [1.29, 1.82) is 0 Å². The minimum absolute atomic E-state index is 0.820. The molecule has 0 amide bonds. The van der Waals surface area contributed by atoms with Crippen LogP contribution in [0.3, 0.4) is 0 Å². The zero-order valence-electron chi connectivity index (χ0n) is 12.1. The fraction of sp³-hybridized carbons (Fsp3) is 0.176. The van der Waals surface area contributed by atoms with Gasteiger partial charge in [-0.25, -0.2) is 4.98 Å². The molecule has 0 saturated heterocycles. The summed E-state index contributed by atoms with van der Waals surface area (Å²) in [4.78, 5) is 4.51. The van der Waals surface area contributed by atoms with Crippen molar-refractivity contribution in [3.63, 3.8) is 0 Å². The molecule has 0 saturated carbocycles. The molecule has 3 nitrogen and oxygen atoms in total. The van der Waals surface area contributed by atoms with Crippen LogP contribution in [0.2, 0.25) is 0 Å². The van der Waals surface area contributed by atoms with E-state index in [1.54, 1.807) is 11.3 Å². The van der Waals surface area contributed by atoms with Crippen LogP contribution in [0.15, 0.2) is 53.6 Å². The SMILES string of the molecule is CCc1ccc(/C(C)=N/Nc2nc3ccccc3s2)cc1. The Bertz CT molecular complexity index is 739. The average molecular weight is 295 g/mol. The minimum Gasteiger partial charge on any atom is -0.252 e. The summed E-state index contributed by atoms with van der Waals surface area (Å²) < 4.78 is 1.17. The number of aromatic nitrogens is 1. The number of hydrogen-bond acceptors (Lipinski definition) is 4. The standard InChI is InChI=1S/C17H17N3S/c1-3-13-8-10-14(11-9-13)12(2)19-20-17-18-15-6-4-5-7-16(15)21-17/h4-11H,3H2,1-2H3,(H,18,20)/b19-12+. The third-order valence-electron chi connectivity index (χ3n) is 3.39. The van der Waals surface area contributed by atoms with Gasteiger partial charge in [0.05, 0.1) is 15.9 Å². The van der Waals surface area contributed by atoms with Crippen LogP contribution in [0.4, 0.5) is 5.13 Å². The van der Waals surface area contributed by atoms with Gasteiger partial charge in [0.15, 0.2) is 0 Å². The van der Waals surface area contributed by atoms with Crippen LogP contribution in [-0.2, 0) is 6.42 Å². The van der Waals surface area contributed by atoms with Gasteiger partial charge in [0.25, 0.3) is 0 Å². The van der Waals surface area contributed by atoms with Crippen LogP contribution in [0, 0.1) is 0 Å². The lowest BCUT2D eigenvalue weighted by Crippen LogP contribution is -1.99. The summed E-state index contributed by atoms with van der Waals surface area (Å²) in [5.41, 5.74) is 7.48. The van der Waals surface area contributed by atoms with Crippen molar-refractivity contribution in [2.75, 3.05) is 5.43 Å². The lowest BCUT2D eigenvalue weighted by Gasteiger charge is -2.02. The molecule has 0 fully saturated rings. The Balaban J connectivity index is 1.77. The molecule has 3 aromatic rings. The molecule has 0 aliphatic heterocycles.